The van der Waals surface area contributed by atoms with Crippen LogP contribution in [0.15, 0.2) is 35.4 Å². The average Bonchev–Trinajstić information content (AvgIpc) is 2.76. The average molecular weight is 281 g/mol. The molecular weight excluding hydrogens is 276 g/mol. The van der Waals surface area contributed by atoms with Crippen LogP contribution in [0.5, 0.6) is 10.9 Å². The zero-order chi connectivity index (χ0) is 12.5. The van der Waals surface area contributed by atoms with Crippen molar-refractivity contribution in [2.24, 2.45) is 0 Å². The van der Waals surface area contributed by atoms with Crippen molar-refractivity contribution in [3.05, 3.63) is 46.1 Å². The number of rotatable bonds is 2. The van der Waals surface area contributed by atoms with Gasteiger partial charge in [0.25, 0.3) is 10.8 Å². The summed E-state index contributed by atoms with van der Waals surface area (Å²) in [5.41, 5.74) is -0.261. The van der Waals surface area contributed by atoms with E-state index in [0.717, 1.165) is 11.3 Å². The summed E-state index contributed by atoms with van der Waals surface area (Å²) in [5.74, 6) is 0.381. The normalized spacial score (nSPS) is 10.7. The minimum Gasteiger partial charge on any atom is -0.426 e. The maximum Gasteiger partial charge on any atom is 0.300 e. The van der Waals surface area contributed by atoms with Gasteiger partial charge in [0.05, 0.1) is 0 Å². The topological polar surface area (TPSA) is 69.4 Å². The summed E-state index contributed by atoms with van der Waals surface area (Å²) in [6.07, 6.45) is 2.98. The zero-order valence-corrected chi connectivity index (χ0v) is 10.4. The maximum atomic E-state index is 11.5. The summed E-state index contributed by atoms with van der Waals surface area (Å²) in [7, 11) is 0. The van der Waals surface area contributed by atoms with Gasteiger partial charge in [-0.25, -0.2) is 9.97 Å². The maximum absolute atomic E-state index is 11.5. The molecule has 0 amide bonds. The highest BCUT2D eigenvalue weighted by atomic mass is 35.5. The van der Waals surface area contributed by atoms with Crippen LogP contribution < -0.4 is 10.3 Å². The van der Waals surface area contributed by atoms with Crippen LogP contribution in [0.1, 0.15) is 0 Å². The molecule has 0 N–H and O–H groups in total. The molecule has 6 nitrogen and oxygen atoms in total. The van der Waals surface area contributed by atoms with E-state index in [1.807, 2.05) is 0 Å². The molecule has 3 rings (SSSR count). The third-order valence-electron chi connectivity index (χ3n) is 2.07. The zero-order valence-electron chi connectivity index (χ0n) is 8.78. The first-order chi connectivity index (χ1) is 8.74. The van der Waals surface area contributed by atoms with E-state index in [1.54, 1.807) is 18.3 Å². The molecule has 0 saturated carbocycles. The summed E-state index contributed by atoms with van der Waals surface area (Å²) in [6, 6.07) is 4.68. The van der Waals surface area contributed by atoms with Crippen molar-refractivity contribution in [3.63, 3.8) is 0 Å². The Morgan fingerprint density at radius 1 is 1.28 bits per heavy atom. The predicted octanol–water partition coefficient (Wildman–Crippen LogP) is 1.99. The smallest absolute Gasteiger partial charge is 0.300 e. The SMILES string of the molecule is O=c1ccnc2sc(Oc3cccnc3Cl)nn12. The molecule has 0 spiro atoms. The first kappa shape index (κ1) is 11.1. The van der Waals surface area contributed by atoms with E-state index in [-0.39, 0.29) is 15.9 Å². The molecule has 0 aliphatic heterocycles. The van der Waals surface area contributed by atoms with Gasteiger partial charge in [-0.2, -0.15) is 4.52 Å². The van der Waals surface area contributed by atoms with Crippen molar-refractivity contribution in [1.29, 1.82) is 0 Å². The van der Waals surface area contributed by atoms with Gasteiger partial charge in [-0.05, 0) is 23.5 Å². The number of fused-ring (bicyclic) bond motifs is 1. The van der Waals surface area contributed by atoms with Gasteiger partial charge in [0, 0.05) is 18.5 Å². The summed E-state index contributed by atoms with van der Waals surface area (Å²) < 4.78 is 6.63. The van der Waals surface area contributed by atoms with Crippen LogP contribution in [-0.4, -0.2) is 19.6 Å². The molecule has 0 aliphatic rings. The quantitative estimate of drug-likeness (QED) is 0.672. The Kier molecular flexibility index (Phi) is 2.69. The van der Waals surface area contributed by atoms with E-state index in [0.29, 0.717) is 10.7 Å². The van der Waals surface area contributed by atoms with Crippen LogP contribution in [0.4, 0.5) is 0 Å². The Morgan fingerprint density at radius 3 is 2.94 bits per heavy atom. The van der Waals surface area contributed by atoms with Gasteiger partial charge in [0.2, 0.25) is 4.96 Å². The molecule has 0 radical (unpaired) electrons. The molecule has 0 saturated heterocycles. The van der Waals surface area contributed by atoms with Crippen molar-refractivity contribution in [3.8, 4) is 10.9 Å². The van der Waals surface area contributed by atoms with Gasteiger partial charge in [-0.3, -0.25) is 4.79 Å². The number of hydrogen-bond acceptors (Lipinski definition) is 6. The summed E-state index contributed by atoms with van der Waals surface area (Å²) in [5, 5.41) is 4.51. The van der Waals surface area contributed by atoms with Crippen LogP contribution in [-0.2, 0) is 0 Å². The highest BCUT2D eigenvalue weighted by Crippen LogP contribution is 2.29. The number of hydrogen-bond donors (Lipinski definition) is 0. The number of pyridine rings is 1. The second-order valence-corrected chi connectivity index (χ2v) is 4.52. The Balaban J connectivity index is 2.04. The molecule has 90 valence electrons. The van der Waals surface area contributed by atoms with Crippen LogP contribution in [0.25, 0.3) is 4.96 Å². The lowest BCUT2D eigenvalue weighted by Gasteiger charge is -2.00. The first-order valence-electron chi connectivity index (χ1n) is 4.87. The van der Waals surface area contributed by atoms with Gasteiger partial charge in [-0.15, -0.1) is 5.10 Å². The van der Waals surface area contributed by atoms with Crippen LogP contribution in [0.2, 0.25) is 5.15 Å². The number of nitrogens with zero attached hydrogens (tertiary/aromatic N) is 4. The molecule has 0 atom stereocenters. The Hall–Kier alpha value is -1.99. The van der Waals surface area contributed by atoms with E-state index in [1.165, 1.54) is 16.8 Å². The fourth-order valence-corrected chi connectivity index (χ4v) is 2.21. The molecule has 0 aromatic carbocycles. The minimum absolute atomic E-state index is 0.233. The third-order valence-corrected chi connectivity index (χ3v) is 3.16. The summed E-state index contributed by atoms with van der Waals surface area (Å²) in [4.78, 5) is 19.8. The van der Waals surface area contributed by atoms with E-state index >= 15 is 0 Å². The van der Waals surface area contributed by atoms with Crippen LogP contribution in [0.3, 0.4) is 0 Å². The predicted molar refractivity (Wildman–Crippen MR) is 66.5 cm³/mol. The fourth-order valence-electron chi connectivity index (χ4n) is 1.31. The van der Waals surface area contributed by atoms with Gasteiger partial charge >= 0.3 is 0 Å². The van der Waals surface area contributed by atoms with E-state index in [9.17, 15) is 4.79 Å². The first-order valence-corrected chi connectivity index (χ1v) is 6.07. The van der Waals surface area contributed by atoms with Crippen LogP contribution in [0, 0.1) is 0 Å². The van der Waals surface area contributed by atoms with Crippen molar-refractivity contribution < 1.29 is 4.74 Å². The molecule has 18 heavy (non-hydrogen) atoms. The molecule has 0 unspecified atom stereocenters. The van der Waals surface area contributed by atoms with Gasteiger partial charge in [0.15, 0.2) is 10.9 Å². The van der Waals surface area contributed by atoms with Crippen LogP contribution >= 0.6 is 22.9 Å². The Labute approximate surface area is 109 Å². The Bertz CT molecular complexity index is 770. The lowest BCUT2D eigenvalue weighted by atomic mass is 10.5. The summed E-state index contributed by atoms with van der Waals surface area (Å²) >= 11 is 7.01. The second kappa shape index (κ2) is 4.35. The number of ether oxygens (including phenoxy) is 1. The van der Waals surface area contributed by atoms with Gasteiger partial charge in [-0.1, -0.05) is 11.6 Å². The molecule has 0 bridgehead atoms. The molecule has 3 aromatic rings. The lowest BCUT2D eigenvalue weighted by Crippen LogP contribution is -2.12. The van der Waals surface area contributed by atoms with E-state index in [2.05, 4.69) is 15.1 Å². The molecule has 0 aliphatic carbocycles. The van der Waals surface area contributed by atoms with Gasteiger partial charge < -0.3 is 4.74 Å². The van der Waals surface area contributed by atoms with Crippen molar-refractivity contribution in [1.82, 2.24) is 19.6 Å². The largest absolute Gasteiger partial charge is 0.426 e. The molecule has 8 heteroatoms. The van der Waals surface area contributed by atoms with E-state index < -0.39 is 0 Å². The van der Waals surface area contributed by atoms with Crippen molar-refractivity contribution in [2.75, 3.05) is 0 Å². The highest BCUT2D eigenvalue weighted by molar-refractivity contribution is 7.18. The molecule has 3 heterocycles. The number of halogens is 1. The molecule has 3 aromatic heterocycles. The summed E-state index contributed by atoms with van der Waals surface area (Å²) in [6.45, 7) is 0. The molecule has 0 fully saturated rings. The monoisotopic (exact) mass is 280 g/mol. The fraction of sp³-hybridized carbons (Fsp3) is 0. The van der Waals surface area contributed by atoms with E-state index in [4.69, 9.17) is 16.3 Å². The third kappa shape index (κ3) is 1.93. The second-order valence-electron chi connectivity index (χ2n) is 3.24. The lowest BCUT2D eigenvalue weighted by molar-refractivity contribution is 0.467. The van der Waals surface area contributed by atoms with Crippen molar-refractivity contribution >= 4 is 27.9 Å². The Morgan fingerprint density at radius 2 is 2.17 bits per heavy atom. The van der Waals surface area contributed by atoms with Crippen molar-refractivity contribution in [2.45, 2.75) is 0 Å². The standard InChI is InChI=1S/C10H5ClN4O2S/c11-8-6(2-1-4-12-8)17-10-14-15-7(16)3-5-13-9(15)18-10/h1-5H. The highest BCUT2D eigenvalue weighted by Gasteiger charge is 2.10. The van der Waals surface area contributed by atoms with Gasteiger partial charge in [0.1, 0.15) is 0 Å². The molecular formula is C10H5ClN4O2S. The number of aromatic nitrogens is 4. The minimum atomic E-state index is -0.261.